The lowest BCUT2D eigenvalue weighted by Crippen LogP contribution is -2.38. The lowest BCUT2D eigenvalue weighted by molar-refractivity contribution is -0.132. The van der Waals surface area contributed by atoms with Gasteiger partial charge in [0.1, 0.15) is 12.4 Å². The van der Waals surface area contributed by atoms with Gasteiger partial charge in [0.15, 0.2) is 0 Å². The van der Waals surface area contributed by atoms with Crippen molar-refractivity contribution in [1.29, 1.82) is 0 Å². The molecule has 144 valence electrons. The van der Waals surface area contributed by atoms with Gasteiger partial charge >= 0.3 is 0 Å². The van der Waals surface area contributed by atoms with Gasteiger partial charge in [0.05, 0.1) is 23.1 Å². The Morgan fingerprint density at radius 2 is 2.18 bits per heavy atom. The van der Waals surface area contributed by atoms with E-state index in [4.69, 9.17) is 4.98 Å². The highest BCUT2D eigenvalue weighted by molar-refractivity contribution is 5.80. The number of imidazole rings is 1. The first kappa shape index (κ1) is 17.3. The lowest BCUT2D eigenvalue weighted by atomic mass is 9.98. The monoisotopic (exact) mass is 376 g/mol. The number of nitrogens with one attached hydrogen (secondary N) is 1. The van der Waals surface area contributed by atoms with Crippen LogP contribution in [0.3, 0.4) is 0 Å². The van der Waals surface area contributed by atoms with Crippen LogP contribution in [0.2, 0.25) is 0 Å². The van der Waals surface area contributed by atoms with E-state index >= 15 is 0 Å². The number of piperidine rings is 1. The minimum atomic E-state index is 0.106. The number of hydrogen-bond acceptors (Lipinski definition) is 5. The Bertz CT molecular complexity index is 1010. The first-order valence-electron chi connectivity index (χ1n) is 10.0. The fourth-order valence-electron chi connectivity index (χ4n) is 4.20. The van der Waals surface area contributed by atoms with Gasteiger partial charge in [-0.1, -0.05) is 12.1 Å². The Kier molecular flexibility index (Phi) is 4.52. The first-order valence-corrected chi connectivity index (χ1v) is 10.0. The molecule has 0 radical (unpaired) electrons. The van der Waals surface area contributed by atoms with Crippen LogP contribution in [0.15, 0.2) is 36.8 Å². The molecular formula is C21H24N6O. The predicted molar refractivity (Wildman–Crippen MR) is 106 cm³/mol. The van der Waals surface area contributed by atoms with Gasteiger partial charge in [-0.15, -0.1) is 0 Å². The fraction of sp³-hybridized carbons (Fsp3) is 0.429. The summed E-state index contributed by atoms with van der Waals surface area (Å²) in [5.74, 6) is 1.47. The lowest BCUT2D eigenvalue weighted by Gasteiger charge is -2.29. The molecule has 1 unspecified atom stereocenters. The zero-order valence-corrected chi connectivity index (χ0v) is 15.8. The Morgan fingerprint density at radius 3 is 3.07 bits per heavy atom. The molecule has 0 spiro atoms. The molecule has 5 rings (SSSR count). The molecule has 3 aromatic rings. The molecule has 1 aromatic carbocycles. The Hall–Kier alpha value is -2.80. The smallest absolute Gasteiger partial charge is 0.242 e. The van der Waals surface area contributed by atoms with Gasteiger partial charge in [-0.25, -0.2) is 15.0 Å². The highest BCUT2D eigenvalue weighted by atomic mass is 16.2. The summed E-state index contributed by atoms with van der Waals surface area (Å²) >= 11 is 0. The van der Waals surface area contributed by atoms with E-state index in [1.165, 1.54) is 6.42 Å². The second-order valence-corrected chi connectivity index (χ2v) is 7.67. The standard InChI is InChI=1S/C21H24N6O/c28-20(13-27-14-24-18-5-1-2-6-19(18)27)26-9-7-17-16(12-26)11-23-21(25-17)15-4-3-8-22-10-15/h1-2,5-6,11,14-15,22H,3-4,7-10,12-13H2. The molecular weight excluding hydrogens is 352 g/mol. The quantitative estimate of drug-likeness (QED) is 0.755. The van der Waals surface area contributed by atoms with Crippen LogP contribution >= 0.6 is 0 Å². The van der Waals surface area contributed by atoms with Gasteiger partial charge in [0, 0.05) is 43.7 Å². The van der Waals surface area contributed by atoms with Crippen molar-refractivity contribution in [3.8, 4) is 0 Å². The van der Waals surface area contributed by atoms with Crippen LogP contribution in [-0.2, 0) is 24.3 Å². The van der Waals surface area contributed by atoms with Gasteiger partial charge < -0.3 is 14.8 Å². The van der Waals surface area contributed by atoms with Gasteiger partial charge in [0.25, 0.3) is 0 Å². The maximum atomic E-state index is 12.9. The third-order valence-corrected chi connectivity index (χ3v) is 5.80. The number of rotatable bonds is 3. The summed E-state index contributed by atoms with van der Waals surface area (Å²) < 4.78 is 1.92. The maximum Gasteiger partial charge on any atom is 0.242 e. The fourth-order valence-corrected chi connectivity index (χ4v) is 4.20. The second kappa shape index (κ2) is 7.31. The van der Waals surface area contributed by atoms with Crippen LogP contribution in [0.5, 0.6) is 0 Å². The molecule has 1 atom stereocenters. The number of carbonyl (C=O) groups is 1. The van der Waals surface area contributed by atoms with E-state index < -0.39 is 0 Å². The summed E-state index contributed by atoms with van der Waals surface area (Å²) in [4.78, 5) is 28.6. The summed E-state index contributed by atoms with van der Waals surface area (Å²) in [6.45, 7) is 3.65. The van der Waals surface area contributed by atoms with E-state index in [0.29, 0.717) is 25.6 Å². The molecule has 1 fully saturated rings. The topological polar surface area (TPSA) is 75.9 Å². The predicted octanol–water partition coefficient (Wildman–Crippen LogP) is 1.88. The number of fused-ring (bicyclic) bond motifs is 2. The first-order chi connectivity index (χ1) is 13.8. The number of para-hydroxylation sites is 2. The molecule has 2 aromatic heterocycles. The summed E-state index contributed by atoms with van der Waals surface area (Å²) in [5.41, 5.74) is 4.08. The third-order valence-electron chi connectivity index (χ3n) is 5.80. The molecule has 0 saturated carbocycles. The molecule has 0 bridgehead atoms. The molecule has 2 aliphatic rings. The van der Waals surface area contributed by atoms with Gasteiger partial charge in [-0.3, -0.25) is 4.79 Å². The molecule has 0 aliphatic carbocycles. The van der Waals surface area contributed by atoms with Crippen molar-refractivity contribution in [3.05, 3.63) is 53.9 Å². The molecule has 7 nitrogen and oxygen atoms in total. The summed E-state index contributed by atoms with van der Waals surface area (Å²) in [6.07, 6.45) is 6.79. The Morgan fingerprint density at radius 1 is 1.25 bits per heavy atom. The van der Waals surface area contributed by atoms with Gasteiger partial charge in [-0.2, -0.15) is 0 Å². The number of benzene rings is 1. The minimum absolute atomic E-state index is 0.106. The summed E-state index contributed by atoms with van der Waals surface area (Å²) in [6, 6.07) is 7.89. The Balaban J connectivity index is 1.29. The zero-order valence-electron chi connectivity index (χ0n) is 15.8. The summed E-state index contributed by atoms with van der Waals surface area (Å²) in [5, 5.41) is 3.43. The minimum Gasteiger partial charge on any atom is -0.336 e. The van der Waals surface area contributed by atoms with Crippen molar-refractivity contribution < 1.29 is 4.79 Å². The maximum absolute atomic E-state index is 12.9. The van der Waals surface area contributed by atoms with E-state index in [1.54, 1.807) is 6.33 Å². The van der Waals surface area contributed by atoms with Crippen molar-refractivity contribution >= 4 is 16.9 Å². The van der Waals surface area contributed by atoms with E-state index in [9.17, 15) is 4.79 Å². The number of aromatic nitrogens is 4. The van der Waals surface area contributed by atoms with Crippen molar-refractivity contribution in [1.82, 2.24) is 29.7 Å². The average Bonchev–Trinajstić information content (AvgIpc) is 3.16. The third kappa shape index (κ3) is 3.26. The van der Waals surface area contributed by atoms with Crippen molar-refractivity contribution in [2.24, 2.45) is 0 Å². The molecule has 2 aliphatic heterocycles. The molecule has 4 heterocycles. The van der Waals surface area contributed by atoms with Gasteiger partial charge in [0.2, 0.25) is 5.91 Å². The highest BCUT2D eigenvalue weighted by Gasteiger charge is 2.25. The SMILES string of the molecule is O=C(Cn1cnc2ccccc21)N1CCc2nc(C3CCCNC3)ncc2C1. The summed E-state index contributed by atoms with van der Waals surface area (Å²) in [7, 11) is 0. The van der Waals surface area contributed by atoms with Crippen molar-refractivity contribution in [3.63, 3.8) is 0 Å². The molecule has 1 saturated heterocycles. The normalized spacial score (nSPS) is 19.6. The molecule has 1 amide bonds. The number of amides is 1. The van der Waals surface area contributed by atoms with E-state index in [-0.39, 0.29) is 5.91 Å². The van der Waals surface area contributed by atoms with Crippen LogP contribution in [-0.4, -0.2) is 50.0 Å². The molecule has 1 N–H and O–H groups in total. The average molecular weight is 376 g/mol. The second-order valence-electron chi connectivity index (χ2n) is 7.67. The number of nitrogens with zero attached hydrogens (tertiary/aromatic N) is 5. The zero-order chi connectivity index (χ0) is 18.9. The molecule has 7 heteroatoms. The van der Waals surface area contributed by atoms with Gasteiger partial charge in [-0.05, 0) is 31.5 Å². The number of hydrogen-bond donors (Lipinski definition) is 1. The number of carbonyl (C=O) groups excluding carboxylic acids is 1. The van der Waals surface area contributed by atoms with Crippen LogP contribution in [0, 0.1) is 0 Å². The van der Waals surface area contributed by atoms with Crippen LogP contribution < -0.4 is 5.32 Å². The molecule has 28 heavy (non-hydrogen) atoms. The van der Waals surface area contributed by atoms with Crippen LogP contribution in [0.4, 0.5) is 0 Å². The van der Waals surface area contributed by atoms with E-state index in [0.717, 1.165) is 54.0 Å². The van der Waals surface area contributed by atoms with Crippen molar-refractivity contribution in [2.45, 2.75) is 38.3 Å². The van der Waals surface area contributed by atoms with E-state index in [2.05, 4.69) is 15.3 Å². The Labute approximate surface area is 163 Å². The van der Waals surface area contributed by atoms with Crippen LogP contribution in [0.25, 0.3) is 11.0 Å². The largest absolute Gasteiger partial charge is 0.336 e. The van der Waals surface area contributed by atoms with Crippen LogP contribution in [0.1, 0.15) is 35.8 Å². The van der Waals surface area contributed by atoms with Crippen molar-refractivity contribution in [2.75, 3.05) is 19.6 Å². The highest BCUT2D eigenvalue weighted by Crippen LogP contribution is 2.23. The van der Waals surface area contributed by atoms with E-state index in [1.807, 2.05) is 39.9 Å².